The lowest BCUT2D eigenvalue weighted by Crippen LogP contribution is -2.53. The predicted molar refractivity (Wildman–Crippen MR) is 133 cm³/mol. The zero-order valence-electron chi connectivity index (χ0n) is 20.8. The molecule has 2 aromatic rings. The van der Waals surface area contributed by atoms with Gasteiger partial charge < -0.3 is 28.7 Å². The summed E-state index contributed by atoms with van der Waals surface area (Å²) in [7, 11) is 0. The summed E-state index contributed by atoms with van der Waals surface area (Å²) in [4.78, 5) is 37.5. The van der Waals surface area contributed by atoms with E-state index in [4.69, 9.17) is 30.3 Å². The molecular formula is C22H27F3N3O9PS. The van der Waals surface area contributed by atoms with Gasteiger partial charge in [-0.2, -0.15) is 4.39 Å². The SMILES string of the molecule is CC(C)OC(=O)C(C)NP(=S)(OCC1(C(F)F)OC(n2cc(F)c(=O)[nH]c2=O)C(O)C1O)Oc1ccccc1. The molecule has 6 atom stereocenters. The molecular weight excluding hydrogens is 570 g/mol. The maximum atomic E-state index is 14.4. The van der Waals surface area contributed by atoms with Crippen LogP contribution in [0.25, 0.3) is 0 Å². The summed E-state index contributed by atoms with van der Waals surface area (Å²) in [6.45, 7) is -0.487. The van der Waals surface area contributed by atoms with Gasteiger partial charge >= 0.3 is 18.3 Å². The number of alkyl halides is 2. The normalized spacial score (nSPS) is 25.4. The number of carbonyl (C=O) groups is 1. The molecule has 1 fully saturated rings. The molecule has 0 aliphatic carbocycles. The summed E-state index contributed by atoms with van der Waals surface area (Å²) < 4.78 is 64.7. The lowest BCUT2D eigenvalue weighted by atomic mass is 9.96. The average Bonchev–Trinajstić information content (AvgIpc) is 3.11. The van der Waals surface area contributed by atoms with Gasteiger partial charge in [-0.15, -0.1) is 0 Å². The zero-order valence-corrected chi connectivity index (χ0v) is 22.5. The van der Waals surface area contributed by atoms with E-state index in [0.29, 0.717) is 10.8 Å². The van der Waals surface area contributed by atoms with Crippen molar-refractivity contribution in [2.24, 2.45) is 0 Å². The van der Waals surface area contributed by atoms with Crippen LogP contribution in [0.1, 0.15) is 27.0 Å². The molecule has 0 radical (unpaired) electrons. The van der Waals surface area contributed by atoms with E-state index in [1.54, 1.807) is 37.0 Å². The molecule has 2 heterocycles. The third-order valence-corrected chi connectivity index (χ3v) is 7.99. The monoisotopic (exact) mass is 597 g/mol. The van der Waals surface area contributed by atoms with Crippen LogP contribution in [-0.4, -0.2) is 68.7 Å². The van der Waals surface area contributed by atoms with Crippen LogP contribution in [0.5, 0.6) is 5.75 Å². The molecule has 0 saturated carbocycles. The Hall–Kier alpha value is -2.59. The van der Waals surface area contributed by atoms with Crippen LogP contribution in [0.3, 0.4) is 0 Å². The smallest absolute Gasteiger partial charge is 0.330 e. The van der Waals surface area contributed by atoms with E-state index in [1.165, 1.54) is 19.1 Å². The van der Waals surface area contributed by atoms with Crippen LogP contribution >= 0.6 is 6.64 Å². The minimum Gasteiger partial charge on any atom is -0.462 e. The highest BCUT2D eigenvalue weighted by atomic mass is 32.5. The van der Waals surface area contributed by atoms with Gasteiger partial charge in [-0.05, 0) is 44.7 Å². The second kappa shape index (κ2) is 12.3. The van der Waals surface area contributed by atoms with Crippen LogP contribution < -0.4 is 20.9 Å². The number of carbonyl (C=O) groups excluding carboxylic acids is 1. The molecule has 0 spiro atoms. The van der Waals surface area contributed by atoms with E-state index in [9.17, 15) is 37.8 Å². The Labute approximate surface area is 224 Å². The molecule has 216 valence electrons. The number of nitrogens with zero attached hydrogens (tertiary/aromatic N) is 1. The quantitative estimate of drug-likeness (QED) is 0.218. The molecule has 17 heteroatoms. The first-order valence-corrected chi connectivity index (χ1v) is 14.1. The van der Waals surface area contributed by atoms with Crippen molar-refractivity contribution >= 4 is 24.4 Å². The number of nitrogens with one attached hydrogen (secondary N) is 2. The van der Waals surface area contributed by atoms with Crippen LogP contribution in [-0.2, 0) is 30.6 Å². The molecule has 3 rings (SSSR count). The van der Waals surface area contributed by atoms with Gasteiger partial charge in [0.1, 0.15) is 24.0 Å². The number of halogens is 3. The highest BCUT2D eigenvalue weighted by molar-refractivity contribution is 8.09. The van der Waals surface area contributed by atoms with Crippen molar-refractivity contribution in [2.45, 2.75) is 63.4 Å². The Morgan fingerprint density at radius 3 is 2.49 bits per heavy atom. The van der Waals surface area contributed by atoms with Gasteiger partial charge in [-0.1, -0.05) is 18.2 Å². The molecule has 0 bridgehead atoms. The van der Waals surface area contributed by atoms with Gasteiger partial charge in [0, 0.05) is 0 Å². The van der Waals surface area contributed by atoms with Crippen LogP contribution in [0.15, 0.2) is 46.1 Å². The number of ether oxygens (including phenoxy) is 2. The third-order valence-electron chi connectivity index (χ3n) is 5.51. The first-order valence-electron chi connectivity index (χ1n) is 11.5. The summed E-state index contributed by atoms with van der Waals surface area (Å²) in [6.07, 6.45) is -10.3. The fraction of sp³-hybridized carbons (Fsp3) is 0.500. The number of aliphatic hydroxyl groups excluding tert-OH is 2. The number of H-pyrrole nitrogens is 1. The van der Waals surface area contributed by atoms with Crippen LogP contribution in [0.4, 0.5) is 13.2 Å². The number of rotatable bonds is 11. The zero-order chi connectivity index (χ0) is 29.1. The van der Waals surface area contributed by atoms with Gasteiger partial charge in [0.05, 0.1) is 18.9 Å². The van der Waals surface area contributed by atoms with E-state index >= 15 is 0 Å². The predicted octanol–water partition coefficient (Wildman–Crippen LogP) is 1.18. The van der Waals surface area contributed by atoms with Crippen molar-refractivity contribution < 1.29 is 46.7 Å². The van der Waals surface area contributed by atoms with E-state index in [2.05, 4.69) is 5.09 Å². The Bertz CT molecular complexity index is 1330. The fourth-order valence-electron chi connectivity index (χ4n) is 3.56. The second-order valence-corrected chi connectivity index (χ2v) is 12.0. The molecule has 4 N–H and O–H groups in total. The van der Waals surface area contributed by atoms with Crippen molar-refractivity contribution in [3.8, 4) is 5.75 Å². The first-order chi connectivity index (χ1) is 18.2. The van der Waals surface area contributed by atoms with E-state index in [1.807, 2.05) is 0 Å². The number of para-hydroxylation sites is 1. The minimum absolute atomic E-state index is 0.157. The number of hydrogen-bond acceptors (Lipinski definition) is 10. The molecule has 0 amide bonds. The lowest BCUT2D eigenvalue weighted by Gasteiger charge is -2.34. The van der Waals surface area contributed by atoms with Gasteiger partial charge in [0.2, 0.25) is 5.82 Å². The summed E-state index contributed by atoms with van der Waals surface area (Å²) in [5.74, 6) is -2.05. The summed E-state index contributed by atoms with van der Waals surface area (Å²) in [5, 5.41) is 23.7. The van der Waals surface area contributed by atoms with Gasteiger partial charge in [0.25, 0.3) is 12.0 Å². The number of esters is 1. The van der Waals surface area contributed by atoms with Crippen molar-refractivity contribution in [1.29, 1.82) is 0 Å². The largest absolute Gasteiger partial charge is 0.462 e. The average molecular weight is 598 g/mol. The van der Waals surface area contributed by atoms with Crippen LogP contribution in [0.2, 0.25) is 0 Å². The molecule has 39 heavy (non-hydrogen) atoms. The standard InChI is InChI=1S/C22H27F3N3O9PS/c1-11(2)35-19(32)12(3)27-38(39,37-13-7-5-4-6-8-13)34-10-22(20(24)25)16(30)15(29)18(36-22)28-9-14(23)17(31)26-21(28)33/h4-9,11-12,15-16,18,20,29-30H,10H2,1-3H3,(H,27,39)(H,26,31,33). The van der Waals surface area contributed by atoms with Gasteiger partial charge in [0.15, 0.2) is 11.8 Å². The Morgan fingerprint density at radius 1 is 1.26 bits per heavy atom. The Balaban J connectivity index is 1.92. The maximum absolute atomic E-state index is 14.4. The number of aromatic nitrogens is 2. The van der Waals surface area contributed by atoms with E-state index < -0.39 is 78.9 Å². The summed E-state index contributed by atoms with van der Waals surface area (Å²) in [6, 6.07) is 6.72. The number of benzene rings is 1. The van der Waals surface area contributed by atoms with Crippen molar-refractivity contribution in [3.05, 3.63) is 63.2 Å². The third kappa shape index (κ3) is 6.95. The molecule has 1 aliphatic heterocycles. The Morgan fingerprint density at radius 2 is 1.90 bits per heavy atom. The molecule has 12 nitrogen and oxygen atoms in total. The van der Waals surface area contributed by atoms with Gasteiger partial charge in [-0.25, -0.2) is 18.7 Å². The highest BCUT2D eigenvalue weighted by Gasteiger charge is 2.61. The molecule has 6 unspecified atom stereocenters. The van der Waals surface area contributed by atoms with Crippen molar-refractivity contribution in [2.75, 3.05) is 6.61 Å². The molecule has 1 aliphatic rings. The maximum Gasteiger partial charge on any atom is 0.330 e. The second-order valence-electron chi connectivity index (χ2n) is 8.85. The fourth-order valence-corrected chi connectivity index (χ4v) is 5.98. The minimum atomic E-state index is -3.89. The Kier molecular flexibility index (Phi) is 9.75. The number of aliphatic hydroxyl groups is 2. The topological polar surface area (TPSA) is 161 Å². The van der Waals surface area contributed by atoms with E-state index in [-0.39, 0.29) is 5.75 Å². The lowest BCUT2D eigenvalue weighted by molar-refractivity contribution is -0.192. The number of aromatic amines is 1. The van der Waals surface area contributed by atoms with E-state index in [0.717, 1.165) is 0 Å². The van der Waals surface area contributed by atoms with Crippen molar-refractivity contribution in [3.63, 3.8) is 0 Å². The summed E-state index contributed by atoms with van der Waals surface area (Å²) >= 11 is 5.47. The molecule has 1 saturated heterocycles. The molecule has 1 aromatic carbocycles. The highest BCUT2D eigenvalue weighted by Crippen LogP contribution is 2.49. The first kappa shape index (κ1) is 30.9. The van der Waals surface area contributed by atoms with Gasteiger partial charge in [-0.3, -0.25) is 19.1 Å². The van der Waals surface area contributed by atoms with Crippen molar-refractivity contribution in [1.82, 2.24) is 14.6 Å². The summed E-state index contributed by atoms with van der Waals surface area (Å²) in [5.41, 5.74) is -5.67. The number of hydrogen-bond donors (Lipinski definition) is 4. The van der Waals surface area contributed by atoms with Crippen LogP contribution in [0, 0.1) is 5.82 Å². The molecule has 1 aromatic heterocycles.